The number of nitrogens with zero attached hydrogens (tertiary/aromatic N) is 2. The monoisotopic (exact) mass is 394 g/mol. The minimum atomic E-state index is -1.03. The fraction of sp³-hybridized carbons (Fsp3) is 0.471. The first-order chi connectivity index (χ1) is 12.8. The van der Waals surface area contributed by atoms with Crippen molar-refractivity contribution in [2.75, 3.05) is 5.75 Å². The number of esters is 3. The summed E-state index contributed by atoms with van der Waals surface area (Å²) in [5.74, 6) is -1.24. The Balaban J connectivity index is 2.29. The molecule has 27 heavy (non-hydrogen) atoms. The molecule has 144 valence electrons. The fourth-order valence-electron chi connectivity index (χ4n) is 2.49. The number of ether oxygens (including phenoxy) is 4. The number of nitriles is 1. The SMILES string of the molecule is CC(=O)O[C@@H]1[C@@H](OC(C)=O)[C@@H](Oc2cncc(C#N)c2)SC[C@H]1OC(C)=O. The van der Waals surface area contributed by atoms with Crippen molar-refractivity contribution in [3.63, 3.8) is 0 Å². The lowest BCUT2D eigenvalue weighted by Crippen LogP contribution is -2.55. The summed E-state index contributed by atoms with van der Waals surface area (Å²) in [6.07, 6.45) is -0.0771. The first kappa shape index (κ1) is 20.5. The van der Waals surface area contributed by atoms with Crippen LogP contribution in [0.5, 0.6) is 5.75 Å². The summed E-state index contributed by atoms with van der Waals surface area (Å²) < 4.78 is 21.6. The molecule has 9 nitrogen and oxygen atoms in total. The van der Waals surface area contributed by atoms with Gasteiger partial charge in [-0.05, 0) is 0 Å². The maximum absolute atomic E-state index is 11.6. The van der Waals surface area contributed by atoms with Crippen LogP contribution in [0.4, 0.5) is 0 Å². The molecule has 1 aromatic heterocycles. The van der Waals surface area contributed by atoms with E-state index in [-0.39, 0.29) is 11.5 Å². The van der Waals surface area contributed by atoms with Crippen LogP contribution in [-0.2, 0) is 28.6 Å². The molecular weight excluding hydrogens is 376 g/mol. The average Bonchev–Trinajstić information content (AvgIpc) is 2.59. The predicted octanol–water partition coefficient (Wildman–Crippen LogP) is 1.20. The third-order valence-corrected chi connectivity index (χ3v) is 4.61. The second-order valence-corrected chi connectivity index (χ2v) is 6.77. The summed E-state index contributed by atoms with van der Waals surface area (Å²) in [6, 6.07) is 3.43. The Hall–Kier alpha value is -2.80. The van der Waals surface area contributed by atoms with Crippen LogP contribution >= 0.6 is 11.8 Å². The number of hydrogen-bond donors (Lipinski definition) is 0. The zero-order valence-electron chi connectivity index (χ0n) is 14.9. The molecule has 0 unspecified atom stereocenters. The molecule has 0 amide bonds. The van der Waals surface area contributed by atoms with E-state index in [4.69, 9.17) is 24.2 Å². The van der Waals surface area contributed by atoms with Crippen LogP contribution < -0.4 is 4.74 Å². The third-order valence-electron chi connectivity index (χ3n) is 3.40. The van der Waals surface area contributed by atoms with E-state index in [9.17, 15) is 14.4 Å². The number of aromatic nitrogens is 1. The number of thioether (sulfide) groups is 1. The van der Waals surface area contributed by atoms with Gasteiger partial charge in [0.2, 0.25) is 0 Å². The zero-order chi connectivity index (χ0) is 20.0. The molecule has 1 fully saturated rings. The highest BCUT2D eigenvalue weighted by molar-refractivity contribution is 7.99. The van der Waals surface area contributed by atoms with Crippen molar-refractivity contribution in [1.82, 2.24) is 4.98 Å². The number of hydrogen-bond acceptors (Lipinski definition) is 10. The van der Waals surface area contributed by atoms with Gasteiger partial charge in [-0.1, -0.05) is 0 Å². The molecule has 0 radical (unpaired) electrons. The number of pyridine rings is 1. The van der Waals surface area contributed by atoms with Gasteiger partial charge < -0.3 is 18.9 Å². The molecule has 0 aromatic carbocycles. The molecule has 1 aliphatic heterocycles. The van der Waals surface area contributed by atoms with E-state index in [1.807, 2.05) is 6.07 Å². The maximum Gasteiger partial charge on any atom is 0.303 e. The van der Waals surface area contributed by atoms with Crippen molar-refractivity contribution in [3.8, 4) is 11.8 Å². The lowest BCUT2D eigenvalue weighted by molar-refractivity contribution is -0.186. The smallest absolute Gasteiger partial charge is 0.303 e. The van der Waals surface area contributed by atoms with E-state index >= 15 is 0 Å². The molecule has 0 N–H and O–H groups in total. The van der Waals surface area contributed by atoms with Gasteiger partial charge in [-0.25, -0.2) is 0 Å². The van der Waals surface area contributed by atoms with Gasteiger partial charge in [0, 0.05) is 38.8 Å². The van der Waals surface area contributed by atoms with E-state index in [0.29, 0.717) is 5.56 Å². The molecule has 0 spiro atoms. The normalized spacial score (nSPS) is 24.2. The van der Waals surface area contributed by atoms with Crippen molar-refractivity contribution in [1.29, 1.82) is 5.26 Å². The van der Waals surface area contributed by atoms with Crippen LogP contribution in [0.25, 0.3) is 0 Å². The highest BCUT2D eigenvalue weighted by Gasteiger charge is 2.47. The molecule has 1 aromatic rings. The topological polar surface area (TPSA) is 125 Å². The first-order valence-corrected chi connectivity index (χ1v) is 9.00. The van der Waals surface area contributed by atoms with Crippen LogP contribution in [0.1, 0.15) is 26.3 Å². The molecule has 1 saturated heterocycles. The molecule has 1 aliphatic rings. The Morgan fingerprint density at radius 1 is 1.07 bits per heavy atom. The molecule has 2 heterocycles. The lowest BCUT2D eigenvalue weighted by Gasteiger charge is -2.39. The van der Waals surface area contributed by atoms with E-state index in [2.05, 4.69) is 4.98 Å². The van der Waals surface area contributed by atoms with Crippen LogP contribution in [0.15, 0.2) is 18.5 Å². The molecular formula is C17H18N2O7S. The summed E-state index contributed by atoms with van der Waals surface area (Å²) in [5.41, 5.74) is -0.465. The average molecular weight is 394 g/mol. The van der Waals surface area contributed by atoms with E-state index < -0.39 is 41.7 Å². The van der Waals surface area contributed by atoms with Crippen LogP contribution in [0.2, 0.25) is 0 Å². The zero-order valence-corrected chi connectivity index (χ0v) is 15.7. The third kappa shape index (κ3) is 5.86. The van der Waals surface area contributed by atoms with Gasteiger partial charge in [0.1, 0.15) is 11.8 Å². The largest absolute Gasteiger partial charge is 0.474 e. The Labute approximate surface area is 159 Å². The van der Waals surface area contributed by atoms with Gasteiger partial charge in [0.15, 0.2) is 23.7 Å². The van der Waals surface area contributed by atoms with Gasteiger partial charge >= 0.3 is 17.9 Å². The highest BCUT2D eigenvalue weighted by atomic mass is 32.2. The number of carbonyl (C=O) groups is 3. The van der Waals surface area contributed by atoms with Gasteiger partial charge in [-0.3, -0.25) is 19.4 Å². The molecule has 0 aliphatic carbocycles. The van der Waals surface area contributed by atoms with Gasteiger partial charge in [0.25, 0.3) is 0 Å². The molecule has 0 bridgehead atoms. The summed E-state index contributed by atoms with van der Waals surface area (Å²) >= 11 is 1.22. The summed E-state index contributed by atoms with van der Waals surface area (Å²) in [4.78, 5) is 38.4. The van der Waals surface area contributed by atoms with E-state index in [1.54, 1.807) is 0 Å². The second kappa shape index (κ2) is 9.23. The first-order valence-electron chi connectivity index (χ1n) is 7.95. The number of rotatable bonds is 5. The van der Waals surface area contributed by atoms with Crippen molar-refractivity contribution in [3.05, 3.63) is 24.0 Å². The molecule has 10 heteroatoms. The van der Waals surface area contributed by atoms with Crippen LogP contribution in [0, 0.1) is 11.3 Å². The summed E-state index contributed by atoms with van der Waals surface area (Å²) in [5, 5.41) is 8.97. The lowest BCUT2D eigenvalue weighted by atomic mass is 10.1. The number of carbonyl (C=O) groups excluding carboxylic acids is 3. The van der Waals surface area contributed by atoms with Gasteiger partial charge in [0.05, 0.1) is 11.8 Å². The Kier molecular flexibility index (Phi) is 7.01. The molecule has 0 saturated carbocycles. The fourth-order valence-corrected chi connectivity index (χ4v) is 3.70. The quantitative estimate of drug-likeness (QED) is 0.531. The van der Waals surface area contributed by atoms with Gasteiger partial charge in [-0.15, -0.1) is 11.8 Å². The van der Waals surface area contributed by atoms with Crippen LogP contribution in [0.3, 0.4) is 0 Å². The highest BCUT2D eigenvalue weighted by Crippen LogP contribution is 2.34. The Morgan fingerprint density at radius 2 is 1.70 bits per heavy atom. The summed E-state index contributed by atoms with van der Waals surface area (Å²) in [6.45, 7) is 3.64. The van der Waals surface area contributed by atoms with Crippen molar-refractivity contribution < 1.29 is 33.3 Å². The predicted molar refractivity (Wildman–Crippen MR) is 92.5 cm³/mol. The minimum Gasteiger partial charge on any atom is -0.474 e. The molecule has 2 rings (SSSR count). The van der Waals surface area contributed by atoms with E-state index in [1.165, 1.54) is 51.0 Å². The maximum atomic E-state index is 11.6. The minimum absolute atomic E-state index is 0.255. The summed E-state index contributed by atoms with van der Waals surface area (Å²) in [7, 11) is 0. The standard InChI is InChI=1S/C17H18N2O7S/c1-9(20)23-14-8-27-17(26-13-4-12(5-18)6-19-7-13)16(25-11(3)22)15(14)24-10(2)21/h4,6-7,14-17H,8H2,1-3H3/t14-,15+,16-,17+/m1/s1. The second-order valence-electron chi connectivity index (χ2n) is 5.64. The Bertz CT molecular complexity index is 764. The van der Waals surface area contributed by atoms with Crippen LogP contribution in [-0.4, -0.2) is 52.4 Å². The van der Waals surface area contributed by atoms with Crippen molar-refractivity contribution >= 4 is 29.7 Å². The molecule has 4 atom stereocenters. The van der Waals surface area contributed by atoms with Crippen molar-refractivity contribution in [2.45, 2.75) is 44.5 Å². The van der Waals surface area contributed by atoms with Gasteiger partial charge in [-0.2, -0.15) is 5.26 Å². The van der Waals surface area contributed by atoms with E-state index in [0.717, 1.165) is 0 Å². The Morgan fingerprint density at radius 3 is 2.30 bits per heavy atom. The van der Waals surface area contributed by atoms with Crippen molar-refractivity contribution in [2.24, 2.45) is 0 Å².